The van der Waals surface area contributed by atoms with Gasteiger partial charge in [-0.1, -0.05) is 0 Å². The van der Waals surface area contributed by atoms with Crippen molar-refractivity contribution in [1.29, 1.82) is 0 Å². The second-order valence-electron chi connectivity index (χ2n) is 6.19. The van der Waals surface area contributed by atoms with Crippen molar-refractivity contribution in [3.8, 4) is 0 Å². The van der Waals surface area contributed by atoms with Crippen LogP contribution in [-0.2, 0) is 6.42 Å². The van der Waals surface area contributed by atoms with E-state index in [1.807, 2.05) is 19.1 Å². The van der Waals surface area contributed by atoms with Gasteiger partial charge in [0.05, 0.1) is 12.4 Å². The number of nitrogens with zero attached hydrogens (tertiary/aromatic N) is 2. The van der Waals surface area contributed by atoms with Crippen LogP contribution in [0.25, 0.3) is 0 Å². The Morgan fingerprint density at radius 2 is 2.32 bits per heavy atom. The normalized spacial score (nSPS) is 23.3. The molecule has 0 bridgehead atoms. The van der Waals surface area contributed by atoms with Crippen LogP contribution in [0.3, 0.4) is 0 Å². The molecule has 0 spiro atoms. The average molecular weight is 419 g/mol. The van der Waals surface area contributed by atoms with Gasteiger partial charge in [0.2, 0.25) is 0 Å². The lowest BCUT2D eigenvalue weighted by Crippen LogP contribution is -2.41. The third-order valence-electron chi connectivity index (χ3n) is 4.32. The average Bonchev–Trinajstić information content (AvgIpc) is 2.96. The van der Waals surface area contributed by atoms with Crippen LogP contribution in [0.2, 0.25) is 0 Å². The molecule has 2 unspecified atom stereocenters. The highest BCUT2D eigenvalue weighted by atomic mass is 127. The Hall–Kier alpha value is -0.760. The van der Waals surface area contributed by atoms with E-state index in [0.717, 1.165) is 44.2 Å². The first-order chi connectivity index (χ1) is 10.2. The van der Waals surface area contributed by atoms with Crippen molar-refractivity contribution < 1.29 is 9.52 Å². The van der Waals surface area contributed by atoms with E-state index in [0.29, 0.717) is 12.0 Å². The van der Waals surface area contributed by atoms with Gasteiger partial charge in [-0.15, -0.1) is 24.0 Å². The Morgan fingerprint density at radius 3 is 2.91 bits per heavy atom. The number of hydrogen-bond acceptors (Lipinski definition) is 3. The summed E-state index contributed by atoms with van der Waals surface area (Å²) >= 11 is 0. The number of guanidine groups is 1. The second-order valence-corrected chi connectivity index (χ2v) is 6.19. The summed E-state index contributed by atoms with van der Waals surface area (Å²) in [5, 5.41) is 13.3. The number of aliphatic hydroxyl groups is 1. The van der Waals surface area contributed by atoms with Crippen molar-refractivity contribution in [3.05, 3.63) is 24.2 Å². The van der Waals surface area contributed by atoms with E-state index in [9.17, 15) is 5.11 Å². The Labute approximate surface area is 149 Å². The molecule has 0 radical (unpaired) electrons. The first-order valence-electron chi connectivity index (χ1n) is 7.99. The van der Waals surface area contributed by atoms with E-state index < -0.39 is 0 Å². The van der Waals surface area contributed by atoms with Crippen molar-refractivity contribution in [2.24, 2.45) is 10.9 Å². The quantitative estimate of drug-likeness (QED) is 0.437. The molecule has 1 aliphatic heterocycles. The molecule has 124 valence electrons. The highest BCUT2D eigenvalue weighted by Crippen LogP contribution is 2.23. The molecule has 5 nitrogen and oxygen atoms in total. The highest BCUT2D eigenvalue weighted by molar-refractivity contribution is 14.0. The topological polar surface area (TPSA) is 61.0 Å². The van der Waals surface area contributed by atoms with Crippen LogP contribution in [0.5, 0.6) is 0 Å². The van der Waals surface area contributed by atoms with Crippen molar-refractivity contribution in [1.82, 2.24) is 10.2 Å². The molecule has 2 N–H and O–H groups in total. The monoisotopic (exact) mass is 419 g/mol. The number of furan rings is 1. The molecule has 2 heterocycles. The summed E-state index contributed by atoms with van der Waals surface area (Å²) in [6, 6.07) is 4.50. The van der Waals surface area contributed by atoms with Crippen LogP contribution < -0.4 is 5.32 Å². The predicted octanol–water partition coefficient (Wildman–Crippen LogP) is 2.25. The Bertz CT molecular complexity index is 472. The molecule has 1 saturated carbocycles. The van der Waals surface area contributed by atoms with Gasteiger partial charge >= 0.3 is 0 Å². The number of aliphatic hydroxyl groups excluding tert-OH is 1. The summed E-state index contributed by atoms with van der Waals surface area (Å²) in [5.41, 5.74) is 0. The molecule has 0 amide bonds. The first kappa shape index (κ1) is 17.6. The van der Waals surface area contributed by atoms with Gasteiger partial charge in [0.15, 0.2) is 5.96 Å². The smallest absolute Gasteiger partial charge is 0.194 e. The molecule has 1 saturated heterocycles. The second kappa shape index (κ2) is 8.19. The minimum absolute atomic E-state index is 0. The van der Waals surface area contributed by atoms with Crippen LogP contribution in [0.15, 0.2) is 27.8 Å². The predicted molar refractivity (Wildman–Crippen MR) is 97.6 cm³/mol. The zero-order valence-corrected chi connectivity index (χ0v) is 15.4. The molecule has 1 aromatic heterocycles. The van der Waals surface area contributed by atoms with Gasteiger partial charge in [-0.25, -0.2) is 0 Å². The van der Waals surface area contributed by atoms with E-state index in [1.54, 1.807) is 6.26 Å². The molecular weight excluding hydrogens is 393 g/mol. The van der Waals surface area contributed by atoms with Crippen LogP contribution >= 0.6 is 24.0 Å². The maximum Gasteiger partial charge on any atom is 0.194 e. The van der Waals surface area contributed by atoms with Crippen LogP contribution in [-0.4, -0.2) is 47.7 Å². The van der Waals surface area contributed by atoms with Gasteiger partial charge in [0, 0.05) is 38.0 Å². The lowest BCUT2D eigenvalue weighted by Gasteiger charge is -2.22. The standard InChI is InChI=1S/C16H25N3O2.HI/c1-12(20)13-7-9-19(11-13)16(18-14-4-5-14)17-8-6-15-3-2-10-21-15;/h2-3,10,12-14,20H,4-9,11H2,1H3,(H,17,18);1H. The summed E-state index contributed by atoms with van der Waals surface area (Å²) in [4.78, 5) is 7.03. The van der Waals surface area contributed by atoms with Gasteiger partial charge in [-0.05, 0) is 38.3 Å². The number of nitrogens with one attached hydrogen (secondary N) is 1. The van der Waals surface area contributed by atoms with Gasteiger partial charge in [-0.3, -0.25) is 4.99 Å². The SMILES string of the molecule is CC(O)C1CCN(C(=NCCc2ccco2)NC2CC2)C1.I. The molecule has 0 aromatic carbocycles. The molecule has 3 rings (SSSR count). The summed E-state index contributed by atoms with van der Waals surface area (Å²) in [6.07, 6.45) is 5.82. The molecule has 22 heavy (non-hydrogen) atoms. The lowest BCUT2D eigenvalue weighted by atomic mass is 10.0. The molecule has 6 heteroatoms. The van der Waals surface area contributed by atoms with Crippen molar-refractivity contribution in [2.75, 3.05) is 19.6 Å². The summed E-state index contributed by atoms with van der Waals surface area (Å²) in [6.45, 7) is 4.50. The summed E-state index contributed by atoms with van der Waals surface area (Å²) < 4.78 is 5.35. The molecule has 1 aromatic rings. The molecule has 2 fully saturated rings. The fourth-order valence-electron chi connectivity index (χ4n) is 2.75. The molecule has 2 atom stereocenters. The van der Waals surface area contributed by atoms with Crippen molar-refractivity contribution in [3.63, 3.8) is 0 Å². The zero-order chi connectivity index (χ0) is 14.7. The molecule has 2 aliphatic rings. The molecular formula is C16H26IN3O2. The van der Waals surface area contributed by atoms with Gasteiger partial charge in [0.25, 0.3) is 0 Å². The number of likely N-dealkylation sites (tertiary alicyclic amines) is 1. The third-order valence-corrected chi connectivity index (χ3v) is 4.32. The van der Waals surface area contributed by atoms with Gasteiger partial charge in [0.1, 0.15) is 5.76 Å². The first-order valence-corrected chi connectivity index (χ1v) is 7.99. The number of halogens is 1. The Morgan fingerprint density at radius 1 is 1.50 bits per heavy atom. The van der Waals surface area contributed by atoms with Crippen molar-refractivity contribution in [2.45, 2.75) is 44.8 Å². The van der Waals surface area contributed by atoms with Crippen LogP contribution in [0, 0.1) is 5.92 Å². The molecule has 1 aliphatic carbocycles. The van der Waals surface area contributed by atoms with E-state index in [2.05, 4.69) is 10.2 Å². The zero-order valence-electron chi connectivity index (χ0n) is 13.1. The minimum atomic E-state index is -0.236. The largest absolute Gasteiger partial charge is 0.469 e. The van der Waals surface area contributed by atoms with E-state index in [4.69, 9.17) is 9.41 Å². The van der Waals surface area contributed by atoms with E-state index in [1.165, 1.54) is 12.8 Å². The van der Waals surface area contributed by atoms with Gasteiger partial charge < -0.3 is 19.7 Å². The Kier molecular flexibility index (Phi) is 6.55. The maximum atomic E-state index is 9.75. The summed E-state index contributed by atoms with van der Waals surface area (Å²) in [5.74, 6) is 2.35. The number of aliphatic imine (C=N–C) groups is 1. The third kappa shape index (κ3) is 4.87. The Balaban J connectivity index is 0.00000176. The maximum absolute atomic E-state index is 9.75. The fraction of sp³-hybridized carbons (Fsp3) is 0.688. The van der Waals surface area contributed by atoms with Gasteiger partial charge in [-0.2, -0.15) is 0 Å². The van der Waals surface area contributed by atoms with E-state index in [-0.39, 0.29) is 30.1 Å². The van der Waals surface area contributed by atoms with Crippen molar-refractivity contribution >= 4 is 29.9 Å². The van der Waals surface area contributed by atoms with Crippen LogP contribution in [0.1, 0.15) is 31.9 Å². The highest BCUT2D eigenvalue weighted by Gasteiger charge is 2.30. The lowest BCUT2D eigenvalue weighted by molar-refractivity contribution is 0.132. The fourth-order valence-corrected chi connectivity index (χ4v) is 2.75. The summed E-state index contributed by atoms with van der Waals surface area (Å²) in [7, 11) is 0. The number of rotatable bonds is 5. The number of hydrogen-bond donors (Lipinski definition) is 2. The minimum Gasteiger partial charge on any atom is -0.469 e. The van der Waals surface area contributed by atoms with E-state index >= 15 is 0 Å². The van der Waals surface area contributed by atoms with Crippen LogP contribution in [0.4, 0.5) is 0 Å².